The molecule has 1 fully saturated rings. The van der Waals surface area contributed by atoms with Gasteiger partial charge in [-0.3, -0.25) is 4.79 Å². The van der Waals surface area contributed by atoms with Crippen molar-refractivity contribution in [2.24, 2.45) is 0 Å². The Balaban J connectivity index is 2.43. The maximum absolute atomic E-state index is 11.7. The molecule has 0 aliphatic heterocycles. The quantitative estimate of drug-likeness (QED) is 0.797. The fourth-order valence-corrected chi connectivity index (χ4v) is 3.01. The van der Waals surface area contributed by atoms with Crippen LogP contribution < -0.4 is 5.43 Å². The van der Waals surface area contributed by atoms with E-state index in [1.807, 2.05) is 16.7 Å². The first-order valence-electron chi connectivity index (χ1n) is 5.04. The summed E-state index contributed by atoms with van der Waals surface area (Å²) in [6.07, 6.45) is 6.02. The van der Waals surface area contributed by atoms with Gasteiger partial charge in [-0.1, -0.05) is 0 Å². The predicted octanol–water partition coefficient (Wildman–Crippen LogP) is 3.10. The van der Waals surface area contributed by atoms with Crippen molar-refractivity contribution in [2.45, 2.75) is 18.8 Å². The molecule has 1 aliphatic carbocycles. The second kappa shape index (κ2) is 3.67. The molecule has 0 amide bonds. The van der Waals surface area contributed by atoms with E-state index in [1.54, 1.807) is 6.20 Å². The van der Waals surface area contributed by atoms with Crippen LogP contribution in [0.15, 0.2) is 32.2 Å². The lowest BCUT2D eigenvalue weighted by Gasteiger charge is -2.09. The van der Waals surface area contributed by atoms with Crippen molar-refractivity contribution < 1.29 is 0 Å². The lowest BCUT2D eigenvalue weighted by atomic mass is 10.2. The Bertz CT molecular complexity index is 632. The molecule has 16 heavy (non-hydrogen) atoms. The number of rotatable bonds is 1. The van der Waals surface area contributed by atoms with Gasteiger partial charge in [0, 0.05) is 18.1 Å². The van der Waals surface area contributed by atoms with E-state index in [2.05, 4.69) is 36.8 Å². The zero-order valence-electron chi connectivity index (χ0n) is 8.28. The lowest BCUT2D eigenvalue weighted by molar-refractivity contribution is 0.928. The predicted molar refractivity (Wildman–Crippen MR) is 68.8 cm³/mol. The summed E-state index contributed by atoms with van der Waals surface area (Å²) in [5, 5.41) is 0. The lowest BCUT2D eigenvalue weighted by Crippen LogP contribution is -2.10. The van der Waals surface area contributed by atoms with E-state index in [0.717, 1.165) is 0 Å². The molecule has 0 aromatic carbocycles. The van der Waals surface area contributed by atoms with Crippen LogP contribution in [0.25, 0.3) is 5.65 Å². The van der Waals surface area contributed by atoms with E-state index in [9.17, 15) is 4.79 Å². The third-order valence-electron chi connectivity index (χ3n) is 2.80. The highest BCUT2D eigenvalue weighted by Gasteiger charge is 2.26. The number of halogens is 2. The largest absolute Gasteiger partial charge is 0.303 e. The van der Waals surface area contributed by atoms with Gasteiger partial charge < -0.3 is 4.40 Å². The fourth-order valence-electron chi connectivity index (χ4n) is 1.84. The van der Waals surface area contributed by atoms with E-state index in [0.29, 0.717) is 20.5 Å². The van der Waals surface area contributed by atoms with Crippen molar-refractivity contribution in [3.05, 3.63) is 43.3 Å². The molecule has 82 valence electrons. The van der Waals surface area contributed by atoms with Gasteiger partial charge in [0.2, 0.25) is 5.43 Å². The molecule has 3 rings (SSSR count). The van der Waals surface area contributed by atoms with Crippen LogP contribution in [0.1, 0.15) is 24.5 Å². The number of hydrogen-bond acceptors (Lipinski definition) is 2. The Morgan fingerprint density at radius 1 is 1.38 bits per heavy atom. The number of nitrogens with zero attached hydrogens (tertiary/aromatic N) is 2. The van der Waals surface area contributed by atoms with Gasteiger partial charge in [0.25, 0.3) is 0 Å². The Morgan fingerprint density at radius 2 is 2.12 bits per heavy atom. The zero-order valence-corrected chi connectivity index (χ0v) is 11.5. The molecule has 0 unspecified atom stereocenters. The van der Waals surface area contributed by atoms with Gasteiger partial charge in [-0.05, 0) is 56.7 Å². The highest BCUT2D eigenvalue weighted by atomic mass is 79.9. The van der Waals surface area contributed by atoms with Gasteiger partial charge in [0.05, 0.1) is 4.47 Å². The Kier molecular flexibility index (Phi) is 2.40. The summed E-state index contributed by atoms with van der Waals surface area (Å²) < 4.78 is 3.07. The van der Waals surface area contributed by atoms with Crippen LogP contribution in [0.4, 0.5) is 0 Å². The first-order chi connectivity index (χ1) is 7.68. The highest BCUT2D eigenvalue weighted by Crippen LogP contribution is 2.40. The van der Waals surface area contributed by atoms with Crippen molar-refractivity contribution in [2.75, 3.05) is 0 Å². The average molecular weight is 344 g/mol. The number of fused-ring (bicyclic) bond motifs is 1. The normalized spacial score (nSPS) is 15.6. The molecule has 5 heteroatoms. The molecule has 0 saturated heterocycles. The molecule has 0 atom stereocenters. The highest BCUT2D eigenvalue weighted by molar-refractivity contribution is 9.11. The molecule has 0 radical (unpaired) electrons. The second-order valence-electron chi connectivity index (χ2n) is 3.96. The summed E-state index contributed by atoms with van der Waals surface area (Å²) in [6.45, 7) is 0. The minimum atomic E-state index is -0.0551. The Labute approximate surface area is 109 Å². The maximum atomic E-state index is 11.7. The van der Waals surface area contributed by atoms with Gasteiger partial charge >= 0.3 is 0 Å². The minimum Gasteiger partial charge on any atom is -0.303 e. The first kappa shape index (κ1) is 10.5. The van der Waals surface area contributed by atoms with Gasteiger partial charge in [-0.2, -0.15) is 0 Å². The fraction of sp³-hybridized carbons (Fsp3) is 0.273. The molecule has 3 nitrogen and oxygen atoms in total. The molecule has 1 saturated carbocycles. The van der Waals surface area contributed by atoms with Crippen LogP contribution in [-0.2, 0) is 0 Å². The van der Waals surface area contributed by atoms with Gasteiger partial charge in [-0.25, -0.2) is 4.98 Å². The smallest absolute Gasteiger partial charge is 0.212 e. The maximum Gasteiger partial charge on any atom is 0.212 e. The summed E-state index contributed by atoms with van der Waals surface area (Å²) in [6, 6.07) is 2.02. The van der Waals surface area contributed by atoms with Crippen molar-refractivity contribution in [3.63, 3.8) is 0 Å². The van der Waals surface area contributed by atoms with Gasteiger partial charge in [0.1, 0.15) is 4.47 Å². The number of hydrogen-bond donors (Lipinski definition) is 0. The molecule has 1 aliphatic rings. The van der Waals surface area contributed by atoms with E-state index in [4.69, 9.17) is 0 Å². The van der Waals surface area contributed by atoms with Crippen molar-refractivity contribution >= 4 is 37.5 Å². The van der Waals surface area contributed by atoms with Crippen LogP contribution >= 0.6 is 31.9 Å². The third-order valence-corrected chi connectivity index (χ3v) is 4.08. The summed E-state index contributed by atoms with van der Waals surface area (Å²) in [5.41, 5.74) is 1.87. The summed E-state index contributed by atoms with van der Waals surface area (Å²) in [4.78, 5) is 16.0. The van der Waals surface area contributed by atoms with Crippen LogP contribution in [-0.4, -0.2) is 9.38 Å². The molecule has 2 heterocycles. The SMILES string of the molecule is O=c1c(Br)cn2c(C3CC3)ccnc2c1Br. The van der Waals surface area contributed by atoms with Gasteiger partial charge in [-0.15, -0.1) is 0 Å². The van der Waals surface area contributed by atoms with Crippen molar-refractivity contribution in [1.82, 2.24) is 9.38 Å². The second-order valence-corrected chi connectivity index (χ2v) is 5.61. The minimum absolute atomic E-state index is 0.0551. The first-order valence-corrected chi connectivity index (χ1v) is 6.62. The molecule has 0 N–H and O–H groups in total. The zero-order chi connectivity index (χ0) is 11.3. The standard InChI is InChI=1S/C11H8Br2N2O/c12-7-5-15-8(6-1-2-6)3-4-14-11(15)9(13)10(7)16/h3-6H,1-2H2. The third kappa shape index (κ3) is 1.53. The van der Waals surface area contributed by atoms with E-state index in [-0.39, 0.29) is 5.43 Å². The van der Waals surface area contributed by atoms with E-state index >= 15 is 0 Å². The topological polar surface area (TPSA) is 34.4 Å². The monoisotopic (exact) mass is 342 g/mol. The van der Waals surface area contributed by atoms with E-state index < -0.39 is 0 Å². The molecule has 2 aromatic rings. The molecular formula is C11H8Br2N2O. The van der Waals surface area contributed by atoms with Crippen molar-refractivity contribution in [3.8, 4) is 0 Å². The van der Waals surface area contributed by atoms with Crippen LogP contribution in [0.2, 0.25) is 0 Å². The van der Waals surface area contributed by atoms with Crippen LogP contribution in [0.3, 0.4) is 0 Å². The van der Waals surface area contributed by atoms with Crippen molar-refractivity contribution in [1.29, 1.82) is 0 Å². The molecule has 2 aromatic heterocycles. The Morgan fingerprint density at radius 3 is 2.81 bits per heavy atom. The number of aromatic nitrogens is 2. The summed E-state index contributed by atoms with van der Waals surface area (Å²) in [7, 11) is 0. The van der Waals surface area contributed by atoms with Crippen LogP contribution in [0, 0.1) is 0 Å². The Hall–Kier alpha value is -0.680. The molecule has 0 spiro atoms. The van der Waals surface area contributed by atoms with Crippen LogP contribution in [0.5, 0.6) is 0 Å². The van der Waals surface area contributed by atoms with Gasteiger partial charge in [0.15, 0.2) is 5.65 Å². The summed E-state index contributed by atoms with van der Waals surface area (Å²) >= 11 is 6.59. The average Bonchev–Trinajstić information content (AvgIpc) is 3.09. The molecular weight excluding hydrogens is 336 g/mol. The van der Waals surface area contributed by atoms with E-state index in [1.165, 1.54) is 18.5 Å². The summed E-state index contributed by atoms with van der Waals surface area (Å²) in [5.74, 6) is 0.617. The number of pyridine rings is 1. The molecule has 0 bridgehead atoms.